The highest BCUT2D eigenvalue weighted by Gasteiger charge is 2.33. The van der Waals surface area contributed by atoms with Gasteiger partial charge in [-0.2, -0.15) is 13.2 Å². The second-order valence-corrected chi connectivity index (χ2v) is 5.07. The highest BCUT2D eigenvalue weighted by atomic mass is 19.4. The molecule has 1 unspecified atom stereocenters. The monoisotopic (exact) mass is 288 g/mol. The van der Waals surface area contributed by atoms with Gasteiger partial charge in [-0.1, -0.05) is 0 Å². The summed E-state index contributed by atoms with van der Waals surface area (Å²) in [6, 6.07) is 4.03. The Kier molecular flexibility index (Phi) is 4.55. The van der Waals surface area contributed by atoms with Gasteiger partial charge in [0.2, 0.25) is 0 Å². The Morgan fingerprint density at radius 2 is 2.05 bits per heavy atom. The molecule has 0 radical (unpaired) electrons. The zero-order valence-electron chi connectivity index (χ0n) is 11.2. The molecule has 1 aromatic carbocycles. The maximum absolute atomic E-state index is 12.8. The zero-order valence-corrected chi connectivity index (χ0v) is 11.2. The molecule has 20 heavy (non-hydrogen) atoms. The first-order valence-corrected chi connectivity index (χ1v) is 6.75. The molecule has 1 aromatic rings. The number of piperidine rings is 1. The molecule has 1 aliphatic heterocycles. The van der Waals surface area contributed by atoms with Crippen LogP contribution in [0, 0.1) is 0 Å². The number of aliphatic hydroxyl groups excluding tert-OH is 1. The molecule has 1 atom stereocenters. The lowest BCUT2D eigenvalue weighted by molar-refractivity contribution is -0.138. The van der Waals surface area contributed by atoms with Crippen LogP contribution in [0.15, 0.2) is 18.2 Å². The SMILES string of the molecule is NCc1cc(N2CCCCC2CO)ccc1C(F)(F)F. The summed E-state index contributed by atoms with van der Waals surface area (Å²) in [5.74, 6) is 0. The van der Waals surface area contributed by atoms with Crippen molar-refractivity contribution in [2.45, 2.75) is 38.0 Å². The van der Waals surface area contributed by atoms with Crippen molar-refractivity contribution in [3.05, 3.63) is 29.3 Å². The Hall–Kier alpha value is -1.27. The van der Waals surface area contributed by atoms with Gasteiger partial charge in [-0.15, -0.1) is 0 Å². The van der Waals surface area contributed by atoms with E-state index in [2.05, 4.69) is 0 Å². The van der Waals surface area contributed by atoms with Gasteiger partial charge in [-0.05, 0) is 43.0 Å². The van der Waals surface area contributed by atoms with Crippen molar-refractivity contribution >= 4 is 5.69 Å². The maximum Gasteiger partial charge on any atom is 0.416 e. The van der Waals surface area contributed by atoms with Crippen LogP contribution in [0.25, 0.3) is 0 Å². The van der Waals surface area contributed by atoms with E-state index in [9.17, 15) is 18.3 Å². The summed E-state index contributed by atoms with van der Waals surface area (Å²) in [6.45, 7) is 0.611. The van der Waals surface area contributed by atoms with Crippen molar-refractivity contribution in [1.29, 1.82) is 0 Å². The summed E-state index contributed by atoms with van der Waals surface area (Å²) < 4.78 is 38.5. The van der Waals surface area contributed by atoms with Gasteiger partial charge in [0.25, 0.3) is 0 Å². The van der Waals surface area contributed by atoms with Crippen LogP contribution in [0.4, 0.5) is 18.9 Å². The Bertz CT molecular complexity index is 462. The van der Waals surface area contributed by atoms with Gasteiger partial charge in [0.15, 0.2) is 0 Å². The number of hydrogen-bond acceptors (Lipinski definition) is 3. The molecular formula is C14H19F3N2O. The number of hydrogen-bond donors (Lipinski definition) is 2. The molecule has 0 bridgehead atoms. The molecule has 3 nitrogen and oxygen atoms in total. The van der Waals surface area contributed by atoms with Crippen molar-refractivity contribution in [2.24, 2.45) is 5.73 Å². The number of alkyl halides is 3. The van der Waals surface area contributed by atoms with Crippen LogP contribution in [0.3, 0.4) is 0 Å². The number of rotatable bonds is 3. The summed E-state index contributed by atoms with van der Waals surface area (Å²) >= 11 is 0. The predicted molar refractivity (Wildman–Crippen MR) is 71.4 cm³/mol. The number of nitrogens with two attached hydrogens (primary N) is 1. The lowest BCUT2D eigenvalue weighted by Crippen LogP contribution is -2.42. The molecule has 3 N–H and O–H groups in total. The highest BCUT2D eigenvalue weighted by Crippen LogP contribution is 2.35. The Labute approximate surface area is 116 Å². The first-order chi connectivity index (χ1) is 9.47. The third kappa shape index (κ3) is 3.07. The van der Waals surface area contributed by atoms with Crippen molar-refractivity contribution in [3.63, 3.8) is 0 Å². The minimum atomic E-state index is -4.38. The summed E-state index contributed by atoms with van der Waals surface area (Å²) in [7, 11) is 0. The normalized spacial score (nSPS) is 20.2. The lowest BCUT2D eigenvalue weighted by atomic mass is 9.99. The second kappa shape index (κ2) is 6.01. The van der Waals surface area contributed by atoms with Crippen molar-refractivity contribution in [2.75, 3.05) is 18.1 Å². The number of nitrogens with zero attached hydrogens (tertiary/aromatic N) is 1. The molecule has 0 aliphatic carbocycles. The molecule has 1 aliphatic rings. The Morgan fingerprint density at radius 1 is 1.30 bits per heavy atom. The van der Waals surface area contributed by atoms with Gasteiger partial charge in [-0.25, -0.2) is 0 Å². The van der Waals surface area contributed by atoms with E-state index in [1.54, 1.807) is 0 Å². The minimum Gasteiger partial charge on any atom is -0.394 e. The number of anilines is 1. The van der Waals surface area contributed by atoms with E-state index in [0.29, 0.717) is 5.69 Å². The van der Waals surface area contributed by atoms with Gasteiger partial charge < -0.3 is 15.7 Å². The van der Waals surface area contributed by atoms with E-state index in [-0.39, 0.29) is 24.8 Å². The molecule has 1 fully saturated rings. The average molecular weight is 288 g/mol. The molecule has 0 spiro atoms. The van der Waals surface area contributed by atoms with Crippen molar-refractivity contribution < 1.29 is 18.3 Å². The van der Waals surface area contributed by atoms with Crippen LogP contribution in [-0.4, -0.2) is 24.3 Å². The molecule has 0 amide bonds. The fraction of sp³-hybridized carbons (Fsp3) is 0.571. The van der Waals surface area contributed by atoms with E-state index < -0.39 is 11.7 Å². The quantitative estimate of drug-likeness (QED) is 0.898. The summed E-state index contributed by atoms with van der Waals surface area (Å²) in [4.78, 5) is 1.98. The van der Waals surface area contributed by atoms with E-state index >= 15 is 0 Å². The van der Waals surface area contributed by atoms with Crippen LogP contribution < -0.4 is 10.6 Å². The molecule has 112 valence electrons. The van der Waals surface area contributed by atoms with E-state index in [1.807, 2.05) is 4.90 Å². The van der Waals surface area contributed by atoms with E-state index in [4.69, 9.17) is 5.73 Å². The van der Waals surface area contributed by atoms with Gasteiger partial charge in [0, 0.05) is 18.8 Å². The molecular weight excluding hydrogens is 269 g/mol. The standard InChI is InChI=1S/C14H19F3N2O/c15-14(16,17)13-5-4-11(7-10(13)8-18)19-6-2-1-3-12(19)9-20/h4-5,7,12,20H,1-3,6,8-9,18H2. The van der Waals surface area contributed by atoms with Gasteiger partial charge in [0.1, 0.15) is 0 Å². The summed E-state index contributed by atoms with van der Waals surface area (Å²) in [5, 5.41) is 9.39. The van der Waals surface area contributed by atoms with Crippen LogP contribution in [0.2, 0.25) is 0 Å². The molecule has 1 heterocycles. The first kappa shape index (κ1) is 15.1. The topological polar surface area (TPSA) is 49.5 Å². The first-order valence-electron chi connectivity index (χ1n) is 6.75. The summed E-state index contributed by atoms with van der Waals surface area (Å²) in [6.07, 6.45) is -1.51. The molecule has 0 saturated carbocycles. The van der Waals surface area contributed by atoms with Crippen molar-refractivity contribution in [3.8, 4) is 0 Å². The van der Waals surface area contributed by atoms with E-state index in [1.165, 1.54) is 12.1 Å². The fourth-order valence-corrected chi connectivity index (χ4v) is 2.73. The molecule has 1 saturated heterocycles. The maximum atomic E-state index is 12.8. The Balaban J connectivity index is 2.33. The van der Waals surface area contributed by atoms with Crippen LogP contribution in [0.5, 0.6) is 0 Å². The highest BCUT2D eigenvalue weighted by molar-refractivity contribution is 5.53. The third-order valence-electron chi connectivity index (χ3n) is 3.78. The molecule has 2 rings (SSSR count). The van der Waals surface area contributed by atoms with Gasteiger partial charge in [-0.3, -0.25) is 0 Å². The number of benzene rings is 1. The zero-order chi connectivity index (χ0) is 14.8. The Morgan fingerprint density at radius 3 is 2.65 bits per heavy atom. The summed E-state index contributed by atoms with van der Waals surface area (Å²) in [5.41, 5.74) is 5.57. The van der Waals surface area contributed by atoms with Crippen LogP contribution >= 0.6 is 0 Å². The van der Waals surface area contributed by atoms with Crippen molar-refractivity contribution in [1.82, 2.24) is 0 Å². The third-order valence-corrected chi connectivity index (χ3v) is 3.78. The van der Waals surface area contributed by atoms with Crippen LogP contribution in [0.1, 0.15) is 30.4 Å². The van der Waals surface area contributed by atoms with Crippen LogP contribution in [-0.2, 0) is 12.7 Å². The second-order valence-electron chi connectivity index (χ2n) is 5.07. The van der Waals surface area contributed by atoms with E-state index in [0.717, 1.165) is 31.9 Å². The number of aliphatic hydroxyl groups is 1. The number of halogens is 3. The minimum absolute atomic E-state index is 0.0129. The smallest absolute Gasteiger partial charge is 0.394 e. The largest absolute Gasteiger partial charge is 0.416 e. The molecule has 0 aromatic heterocycles. The predicted octanol–water partition coefficient (Wildman–Crippen LogP) is 2.52. The lowest BCUT2D eigenvalue weighted by Gasteiger charge is -2.37. The van der Waals surface area contributed by atoms with Gasteiger partial charge >= 0.3 is 6.18 Å². The molecule has 6 heteroatoms. The average Bonchev–Trinajstić information content (AvgIpc) is 2.45. The van der Waals surface area contributed by atoms with Gasteiger partial charge in [0.05, 0.1) is 18.2 Å². The fourth-order valence-electron chi connectivity index (χ4n) is 2.73.